The van der Waals surface area contributed by atoms with E-state index < -0.39 is 33.4 Å². The summed E-state index contributed by atoms with van der Waals surface area (Å²) < 4.78 is 46.3. The van der Waals surface area contributed by atoms with E-state index in [-0.39, 0.29) is 24.5 Å². The average molecular weight is 438 g/mol. The zero-order chi connectivity index (χ0) is 21.9. The quantitative estimate of drug-likeness (QED) is 0.468. The molecule has 3 N–H and O–H groups in total. The van der Waals surface area contributed by atoms with Gasteiger partial charge >= 0.3 is 0 Å². The van der Waals surface area contributed by atoms with Gasteiger partial charge < -0.3 is 9.84 Å². The van der Waals surface area contributed by atoms with Crippen molar-refractivity contribution < 1.29 is 32.7 Å². The molecule has 1 aliphatic heterocycles. The molecule has 1 heterocycles. The molecule has 1 aliphatic rings. The van der Waals surface area contributed by atoms with Gasteiger partial charge in [-0.1, -0.05) is 18.2 Å². The molecule has 0 spiro atoms. The highest BCUT2D eigenvalue weighted by atomic mass is 32.2. The first-order valence-electron chi connectivity index (χ1n) is 9.31. The number of sulfonamides is 1. The van der Waals surface area contributed by atoms with Crippen molar-refractivity contribution in [2.24, 2.45) is 0 Å². The fraction of sp³-hybridized carbons (Fsp3) is 0.350. The van der Waals surface area contributed by atoms with Crippen LogP contribution < -0.4 is 10.2 Å². The Morgan fingerprint density at radius 3 is 2.57 bits per heavy atom. The number of amides is 1. The monoisotopic (exact) mass is 438 g/mol. The van der Waals surface area contributed by atoms with Gasteiger partial charge in [0.2, 0.25) is 10.0 Å². The number of aliphatic hydroxyl groups is 1. The zero-order valence-electron chi connectivity index (χ0n) is 16.3. The second-order valence-corrected chi connectivity index (χ2v) is 9.20. The molecular formula is C20H23FN2O6S. The van der Waals surface area contributed by atoms with E-state index in [0.717, 1.165) is 4.31 Å². The van der Waals surface area contributed by atoms with E-state index in [1.54, 1.807) is 18.2 Å². The Kier molecular flexibility index (Phi) is 6.41. The number of hydroxylamine groups is 1. The Hall–Kier alpha value is -2.53. The minimum Gasteiger partial charge on any atom is -0.489 e. The molecule has 8 nitrogen and oxygen atoms in total. The van der Waals surface area contributed by atoms with Crippen LogP contribution in [0.15, 0.2) is 53.4 Å². The summed E-state index contributed by atoms with van der Waals surface area (Å²) in [6.07, 6.45) is 0.561. The van der Waals surface area contributed by atoms with Gasteiger partial charge in [-0.25, -0.2) is 18.3 Å². The first kappa shape index (κ1) is 22.2. The van der Waals surface area contributed by atoms with Crippen molar-refractivity contribution in [1.29, 1.82) is 0 Å². The summed E-state index contributed by atoms with van der Waals surface area (Å²) in [6.45, 7) is 1.35. The predicted octanol–water partition coefficient (Wildman–Crippen LogP) is 1.81. The average Bonchev–Trinajstić information content (AvgIpc) is 2.72. The molecular weight excluding hydrogens is 415 g/mol. The highest BCUT2D eigenvalue weighted by Crippen LogP contribution is 2.32. The van der Waals surface area contributed by atoms with Gasteiger partial charge in [-0.3, -0.25) is 10.0 Å². The second-order valence-electron chi connectivity index (χ2n) is 7.31. The summed E-state index contributed by atoms with van der Waals surface area (Å²) in [7, 11) is -4.14. The highest BCUT2D eigenvalue weighted by Gasteiger charge is 2.49. The van der Waals surface area contributed by atoms with Gasteiger partial charge in [0.05, 0.1) is 10.5 Å². The van der Waals surface area contributed by atoms with Crippen molar-refractivity contribution in [3.8, 4) is 5.75 Å². The number of carbonyl (C=O) groups is 1. The number of halogens is 1. The Balaban J connectivity index is 1.80. The van der Waals surface area contributed by atoms with Crippen molar-refractivity contribution in [3.05, 3.63) is 59.9 Å². The largest absolute Gasteiger partial charge is 0.489 e. The van der Waals surface area contributed by atoms with Crippen LogP contribution in [0, 0.1) is 5.82 Å². The number of nitrogens with one attached hydrogen (secondary N) is 1. The van der Waals surface area contributed by atoms with E-state index in [1.165, 1.54) is 42.7 Å². The van der Waals surface area contributed by atoms with Crippen LogP contribution in [0.5, 0.6) is 5.75 Å². The maximum atomic E-state index is 13.7. The number of hydrogen-bond acceptors (Lipinski definition) is 6. The Morgan fingerprint density at radius 1 is 1.27 bits per heavy atom. The molecule has 30 heavy (non-hydrogen) atoms. The van der Waals surface area contributed by atoms with Crippen LogP contribution in [0.2, 0.25) is 0 Å². The molecule has 2 atom stereocenters. The number of piperidine rings is 1. The zero-order valence-corrected chi connectivity index (χ0v) is 17.1. The third-order valence-corrected chi connectivity index (χ3v) is 6.96. The number of benzene rings is 2. The van der Waals surface area contributed by atoms with E-state index >= 15 is 0 Å². The molecule has 1 amide bonds. The van der Waals surface area contributed by atoms with Gasteiger partial charge in [0, 0.05) is 12.1 Å². The molecule has 0 saturated carbocycles. The lowest BCUT2D eigenvalue weighted by Gasteiger charge is -2.42. The van der Waals surface area contributed by atoms with E-state index in [1.807, 2.05) is 0 Å². The summed E-state index contributed by atoms with van der Waals surface area (Å²) in [6, 6.07) is 10.2. The topological polar surface area (TPSA) is 116 Å². The maximum absolute atomic E-state index is 13.7. The molecule has 0 bridgehead atoms. The van der Waals surface area contributed by atoms with E-state index in [4.69, 9.17) is 9.94 Å². The third kappa shape index (κ3) is 4.46. The molecule has 0 aromatic heterocycles. The van der Waals surface area contributed by atoms with Crippen LogP contribution in [0.4, 0.5) is 4.39 Å². The SMILES string of the molecule is CC1(O)CCCN(S(=O)(=O)c2ccc(OCc3ccccc3F)cc2)C1C(=O)NO. The van der Waals surface area contributed by atoms with Gasteiger partial charge in [0.15, 0.2) is 0 Å². The van der Waals surface area contributed by atoms with Crippen molar-refractivity contribution in [3.63, 3.8) is 0 Å². The Morgan fingerprint density at radius 2 is 1.93 bits per heavy atom. The molecule has 10 heteroatoms. The standard InChI is InChI=1S/C20H23FN2O6S/c1-20(25)11-4-12-23(18(20)19(24)22-26)30(27,28)16-9-7-15(8-10-16)29-13-14-5-2-3-6-17(14)21/h2-3,5-10,18,25-26H,4,11-13H2,1H3,(H,22,24). The van der Waals surface area contributed by atoms with Crippen LogP contribution >= 0.6 is 0 Å². The summed E-state index contributed by atoms with van der Waals surface area (Å²) in [5.41, 5.74) is 0.160. The fourth-order valence-corrected chi connectivity index (χ4v) is 5.24. The molecule has 0 aliphatic carbocycles. The van der Waals surface area contributed by atoms with Gasteiger partial charge in [-0.05, 0) is 50.1 Å². The minimum atomic E-state index is -4.14. The van der Waals surface area contributed by atoms with Crippen LogP contribution in [0.1, 0.15) is 25.3 Å². The number of hydrogen-bond donors (Lipinski definition) is 3. The van der Waals surface area contributed by atoms with Crippen molar-refractivity contribution in [2.45, 2.75) is 42.9 Å². The number of nitrogens with zero attached hydrogens (tertiary/aromatic N) is 1. The van der Waals surface area contributed by atoms with Crippen LogP contribution in [0.25, 0.3) is 0 Å². The predicted molar refractivity (Wildman–Crippen MR) is 105 cm³/mol. The molecule has 2 aromatic rings. The van der Waals surface area contributed by atoms with E-state index in [2.05, 4.69) is 0 Å². The van der Waals surface area contributed by atoms with Gasteiger partial charge in [-0.15, -0.1) is 0 Å². The summed E-state index contributed by atoms with van der Waals surface area (Å²) >= 11 is 0. The molecule has 2 aromatic carbocycles. The lowest BCUT2D eigenvalue weighted by molar-refractivity contribution is -0.144. The van der Waals surface area contributed by atoms with E-state index in [0.29, 0.717) is 17.7 Å². The second kappa shape index (κ2) is 8.68. The van der Waals surface area contributed by atoms with Crippen molar-refractivity contribution in [2.75, 3.05) is 6.54 Å². The number of rotatable bonds is 6. The number of carbonyl (C=O) groups excluding carboxylic acids is 1. The smallest absolute Gasteiger partial charge is 0.264 e. The van der Waals surface area contributed by atoms with Crippen LogP contribution in [-0.2, 0) is 21.4 Å². The summed E-state index contributed by atoms with van der Waals surface area (Å²) in [4.78, 5) is 12.0. The van der Waals surface area contributed by atoms with Gasteiger partial charge in [0.25, 0.3) is 5.91 Å². The minimum absolute atomic E-state index is 0.0160. The first-order chi connectivity index (χ1) is 14.2. The maximum Gasteiger partial charge on any atom is 0.264 e. The fourth-order valence-electron chi connectivity index (χ4n) is 3.52. The third-order valence-electron chi connectivity index (χ3n) is 5.08. The highest BCUT2D eigenvalue weighted by molar-refractivity contribution is 7.89. The van der Waals surface area contributed by atoms with Crippen LogP contribution in [-0.4, -0.2) is 47.1 Å². The summed E-state index contributed by atoms with van der Waals surface area (Å²) in [5.74, 6) is -1.07. The molecule has 162 valence electrons. The molecule has 1 saturated heterocycles. The van der Waals surface area contributed by atoms with Gasteiger partial charge in [-0.2, -0.15) is 4.31 Å². The lowest BCUT2D eigenvalue weighted by Crippen LogP contribution is -2.62. The molecule has 0 radical (unpaired) electrons. The Bertz CT molecular complexity index is 1010. The molecule has 3 rings (SSSR count). The molecule has 2 unspecified atom stereocenters. The summed E-state index contributed by atoms with van der Waals surface area (Å²) in [5, 5.41) is 19.5. The van der Waals surface area contributed by atoms with Gasteiger partial charge in [0.1, 0.15) is 24.2 Å². The normalized spacial score (nSPS) is 22.5. The van der Waals surface area contributed by atoms with Crippen molar-refractivity contribution in [1.82, 2.24) is 9.79 Å². The van der Waals surface area contributed by atoms with E-state index in [9.17, 15) is 22.7 Å². The Labute approximate surface area is 173 Å². The number of ether oxygens (including phenoxy) is 1. The molecule has 1 fully saturated rings. The first-order valence-corrected chi connectivity index (χ1v) is 10.8. The van der Waals surface area contributed by atoms with Crippen LogP contribution in [0.3, 0.4) is 0 Å². The van der Waals surface area contributed by atoms with Crippen molar-refractivity contribution >= 4 is 15.9 Å². The lowest BCUT2D eigenvalue weighted by atomic mass is 9.87.